The number of benzene rings is 1. The van der Waals surface area contributed by atoms with Gasteiger partial charge in [0.1, 0.15) is 17.1 Å². The predicted octanol–water partition coefficient (Wildman–Crippen LogP) is 3.15. The molecule has 1 aliphatic heterocycles. The Hall–Kier alpha value is -1.43. The molecule has 0 spiro atoms. The van der Waals surface area contributed by atoms with Crippen LogP contribution >= 0.6 is 0 Å². The fourth-order valence-electron chi connectivity index (χ4n) is 2.39. The Balaban J connectivity index is 2.56. The average Bonchev–Trinajstić information content (AvgIpc) is 2.89. The number of hydrogen-bond acceptors (Lipinski definition) is 3. The molecular formula is C13H16F3NO2. The van der Waals surface area contributed by atoms with Crippen molar-refractivity contribution in [3.05, 3.63) is 23.3 Å². The van der Waals surface area contributed by atoms with Crippen LogP contribution in [0, 0.1) is 0 Å². The minimum absolute atomic E-state index is 0.118. The van der Waals surface area contributed by atoms with Crippen molar-refractivity contribution in [1.29, 1.82) is 0 Å². The molecule has 0 aromatic heterocycles. The number of rotatable bonds is 3. The zero-order valence-corrected chi connectivity index (χ0v) is 10.8. The summed E-state index contributed by atoms with van der Waals surface area (Å²) in [7, 11) is 2.61. The van der Waals surface area contributed by atoms with E-state index in [9.17, 15) is 13.2 Å². The summed E-state index contributed by atoms with van der Waals surface area (Å²) in [6.45, 7) is 0.798. The van der Waals surface area contributed by atoms with E-state index in [1.807, 2.05) is 0 Å². The topological polar surface area (TPSA) is 30.5 Å². The van der Waals surface area contributed by atoms with E-state index in [0.29, 0.717) is 5.56 Å². The molecule has 3 nitrogen and oxygen atoms in total. The Kier molecular flexibility index (Phi) is 3.89. The van der Waals surface area contributed by atoms with Crippen molar-refractivity contribution in [3.63, 3.8) is 0 Å². The fourth-order valence-corrected chi connectivity index (χ4v) is 2.39. The van der Waals surface area contributed by atoms with Crippen molar-refractivity contribution in [3.8, 4) is 11.5 Å². The molecule has 1 atom stereocenters. The Morgan fingerprint density at radius 3 is 2.42 bits per heavy atom. The summed E-state index contributed by atoms with van der Waals surface area (Å²) in [5, 5.41) is 3.17. The van der Waals surface area contributed by atoms with E-state index in [-0.39, 0.29) is 17.5 Å². The van der Waals surface area contributed by atoms with Crippen LogP contribution in [0.5, 0.6) is 11.5 Å². The van der Waals surface area contributed by atoms with Crippen LogP contribution in [0.15, 0.2) is 12.1 Å². The lowest BCUT2D eigenvalue weighted by Crippen LogP contribution is -2.17. The molecule has 1 heterocycles. The van der Waals surface area contributed by atoms with Crippen LogP contribution in [-0.2, 0) is 6.18 Å². The molecule has 1 aromatic rings. The van der Waals surface area contributed by atoms with Crippen LogP contribution in [0.4, 0.5) is 13.2 Å². The lowest BCUT2D eigenvalue weighted by molar-refractivity contribution is -0.138. The molecule has 1 aliphatic rings. The summed E-state index contributed by atoms with van der Waals surface area (Å²) in [5.74, 6) is 0.0736. The molecule has 1 N–H and O–H groups in total. The maximum absolute atomic E-state index is 13.1. The first-order valence-corrected chi connectivity index (χ1v) is 6.04. The van der Waals surface area contributed by atoms with Gasteiger partial charge in [-0.2, -0.15) is 13.2 Å². The lowest BCUT2D eigenvalue weighted by atomic mass is 9.99. The molecular weight excluding hydrogens is 259 g/mol. The molecule has 1 aromatic carbocycles. The molecule has 0 amide bonds. The Morgan fingerprint density at radius 1 is 1.21 bits per heavy atom. The molecule has 0 saturated carbocycles. The SMILES string of the molecule is COc1cc(C2CCCN2)c(OC)c(C(F)(F)F)c1. The van der Waals surface area contributed by atoms with Crippen molar-refractivity contribution in [2.75, 3.05) is 20.8 Å². The maximum atomic E-state index is 13.1. The molecule has 1 fully saturated rings. The number of alkyl halides is 3. The molecule has 19 heavy (non-hydrogen) atoms. The van der Waals surface area contributed by atoms with E-state index >= 15 is 0 Å². The highest BCUT2D eigenvalue weighted by atomic mass is 19.4. The van der Waals surface area contributed by atoms with Crippen LogP contribution in [0.25, 0.3) is 0 Å². The molecule has 1 unspecified atom stereocenters. The Morgan fingerprint density at radius 2 is 1.95 bits per heavy atom. The number of hydrogen-bond donors (Lipinski definition) is 1. The van der Waals surface area contributed by atoms with Crippen molar-refractivity contribution < 1.29 is 22.6 Å². The fraction of sp³-hybridized carbons (Fsp3) is 0.538. The first kappa shape index (κ1) is 14.0. The van der Waals surface area contributed by atoms with Gasteiger partial charge in [-0.05, 0) is 31.5 Å². The first-order chi connectivity index (χ1) is 8.97. The summed E-state index contributed by atoms with van der Waals surface area (Å²) < 4.78 is 49.2. The van der Waals surface area contributed by atoms with Crippen molar-refractivity contribution in [1.82, 2.24) is 5.32 Å². The normalized spacial score (nSPS) is 19.5. The van der Waals surface area contributed by atoms with E-state index in [0.717, 1.165) is 25.5 Å². The highest BCUT2D eigenvalue weighted by molar-refractivity contribution is 5.50. The Bertz CT molecular complexity index is 454. The summed E-state index contributed by atoms with van der Waals surface area (Å²) in [5.41, 5.74) is -0.287. The van der Waals surface area contributed by atoms with Gasteiger partial charge in [-0.1, -0.05) is 0 Å². The molecule has 6 heteroatoms. The van der Waals surface area contributed by atoms with Gasteiger partial charge < -0.3 is 14.8 Å². The van der Waals surface area contributed by atoms with Crippen molar-refractivity contribution in [2.45, 2.75) is 25.1 Å². The second-order valence-corrected chi connectivity index (χ2v) is 4.44. The van der Waals surface area contributed by atoms with Gasteiger partial charge in [-0.3, -0.25) is 0 Å². The van der Waals surface area contributed by atoms with Gasteiger partial charge in [0.15, 0.2) is 0 Å². The quantitative estimate of drug-likeness (QED) is 0.919. The van der Waals surface area contributed by atoms with Gasteiger partial charge in [0, 0.05) is 11.6 Å². The highest BCUT2D eigenvalue weighted by Crippen LogP contribution is 2.43. The van der Waals surface area contributed by atoms with Crippen LogP contribution in [0.3, 0.4) is 0 Å². The van der Waals surface area contributed by atoms with Crippen LogP contribution in [0.2, 0.25) is 0 Å². The zero-order valence-electron chi connectivity index (χ0n) is 10.8. The first-order valence-electron chi connectivity index (χ1n) is 6.04. The summed E-state index contributed by atoms with van der Waals surface area (Å²) in [4.78, 5) is 0. The average molecular weight is 275 g/mol. The molecule has 1 saturated heterocycles. The second kappa shape index (κ2) is 5.28. The lowest BCUT2D eigenvalue weighted by Gasteiger charge is -2.20. The second-order valence-electron chi connectivity index (χ2n) is 4.44. The van der Waals surface area contributed by atoms with E-state index in [1.54, 1.807) is 6.07 Å². The molecule has 0 bridgehead atoms. The third kappa shape index (κ3) is 2.78. The number of methoxy groups -OCH3 is 2. The summed E-state index contributed by atoms with van der Waals surface area (Å²) >= 11 is 0. The molecule has 2 rings (SSSR count). The van der Waals surface area contributed by atoms with Gasteiger partial charge in [0.05, 0.1) is 14.2 Å². The molecule has 106 valence electrons. The zero-order chi connectivity index (χ0) is 14.0. The predicted molar refractivity (Wildman–Crippen MR) is 64.5 cm³/mol. The number of ether oxygens (including phenoxy) is 2. The van der Waals surface area contributed by atoms with E-state index in [4.69, 9.17) is 9.47 Å². The molecule has 0 aliphatic carbocycles. The Labute approximate surface area is 109 Å². The van der Waals surface area contributed by atoms with Crippen LogP contribution in [0.1, 0.15) is 30.0 Å². The van der Waals surface area contributed by atoms with Gasteiger partial charge in [0.2, 0.25) is 0 Å². The molecule has 0 radical (unpaired) electrons. The minimum Gasteiger partial charge on any atom is -0.497 e. The van der Waals surface area contributed by atoms with Gasteiger partial charge >= 0.3 is 6.18 Å². The van der Waals surface area contributed by atoms with Gasteiger partial charge in [-0.25, -0.2) is 0 Å². The van der Waals surface area contributed by atoms with Crippen molar-refractivity contribution in [2.24, 2.45) is 0 Å². The smallest absolute Gasteiger partial charge is 0.420 e. The van der Waals surface area contributed by atoms with Crippen molar-refractivity contribution >= 4 is 0 Å². The standard InChI is InChI=1S/C13H16F3NO2/c1-18-8-6-9(11-4-3-5-17-11)12(19-2)10(7-8)13(14,15)16/h6-7,11,17H,3-5H2,1-2H3. The van der Waals surface area contributed by atoms with E-state index in [1.165, 1.54) is 14.2 Å². The van der Waals surface area contributed by atoms with Crippen LogP contribution in [-0.4, -0.2) is 20.8 Å². The number of halogens is 3. The summed E-state index contributed by atoms with van der Waals surface area (Å²) in [6.07, 6.45) is -2.74. The minimum atomic E-state index is -4.47. The highest BCUT2D eigenvalue weighted by Gasteiger charge is 2.37. The summed E-state index contributed by atoms with van der Waals surface area (Å²) in [6, 6.07) is 2.46. The third-order valence-corrected chi connectivity index (χ3v) is 3.27. The van der Waals surface area contributed by atoms with Gasteiger partial charge in [-0.15, -0.1) is 0 Å². The van der Waals surface area contributed by atoms with E-state index in [2.05, 4.69) is 5.32 Å². The maximum Gasteiger partial charge on any atom is 0.420 e. The third-order valence-electron chi connectivity index (χ3n) is 3.27. The largest absolute Gasteiger partial charge is 0.497 e. The number of nitrogens with one attached hydrogen (secondary N) is 1. The van der Waals surface area contributed by atoms with Gasteiger partial charge in [0.25, 0.3) is 0 Å². The van der Waals surface area contributed by atoms with E-state index < -0.39 is 11.7 Å². The van der Waals surface area contributed by atoms with Crippen LogP contribution < -0.4 is 14.8 Å². The monoisotopic (exact) mass is 275 g/mol.